The summed E-state index contributed by atoms with van der Waals surface area (Å²) in [5.41, 5.74) is 11.9. The van der Waals surface area contributed by atoms with Gasteiger partial charge >= 0.3 is 7.75 Å². The number of fused-ring (bicyclic) bond motifs is 2. The zero-order valence-corrected chi connectivity index (χ0v) is 23.8. The van der Waals surface area contributed by atoms with Gasteiger partial charge in [-0.25, -0.2) is 19.5 Å². The Morgan fingerprint density at radius 1 is 1.19 bits per heavy atom. The standard InChI is InChI=1S/C29H31N8O5P/c30-27-26-28(33-17-32-27)37(18-34-26)22-11-10-20(12-22)16-42-43(39,40)36-29(38)25(35-41-15-19-6-2-1-3-7-19)13-21-14-31-24-9-5-4-8-23(21)24/h1-11,14,17-18,20,22,25,31,35H,12-13,15-16H2,(H2,30,32,33)(H2,36,38,39,40)/t20?,22?,25-/m0/s1/i15D/t15?,20?,22?,25-. The molecule has 0 spiro atoms. The molecule has 3 aromatic heterocycles. The average Bonchev–Trinajstić information content (AvgIpc) is 3.77. The summed E-state index contributed by atoms with van der Waals surface area (Å²) in [7, 11) is -4.56. The predicted molar refractivity (Wildman–Crippen MR) is 160 cm³/mol. The van der Waals surface area contributed by atoms with Gasteiger partial charge in [-0.3, -0.25) is 19.2 Å². The van der Waals surface area contributed by atoms with Gasteiger partial charge < -0.3 is 20.2 Å². The number of anilines is 1. The second-order valence-electron chi connectivity index (χ2n) is 10.2. The van der Waals surface area contributed by atoms with Crippen molar-refractivity contribution in [3.05, 3.63) is 96.7 Å². The molecular weight excluding hydrogens is 571 g/mol. The number of carbonyl (C=O) groups excluding carboxylic acids is 1. The minimum atomic E-state index is -4.56. The van der Waals surface area contributed by atoms with Crippen LogP contribution >= 0.6 is 7.75 Å². The molecule has 5 aromatic rings. The van der Waals surface area contributed by atoms with E-state index in [1.807, 2.05) is 47.1 Å². The minimum absolute atomic E-state index is 0.106. The number of hydrogen-bond donors (Lipinski definition) is 5. The number of amides is 1. The molecule has 0 bridgehead atoms. The summed E-state index contributed by atoms with van der Waals surface area (Å²) in [5.74, 6) is -0.732. The summed E-state index contributed by atoms with van der Waals surface area (Å²) < 4.78 is 28.5. The fourth-order valence-electron chi connectivity index (χ4n) is 5.07. The number of rotatable bonds is 12. The van der Waals surface area contributed by atoms with E-state index in [1.165, 1.54) is 6.33 Å². The first-order valence-corrected chi connectivity index (χ1v) is 15.2. The van der Waals surface area contributed by atoms with Gasteiger partial charge in [0.1, 0.15) is 17.9 Å². The van der Waals surface area contributed by atoms with E-state index in [1.54, 1.807) is 36.8 Å². The first-order valence-electron chi connectivity index (χ1n) is 14.2. The van der Waals surface area contributed by atoms with E-state index >= 15 is 0 Å². The lowest BCUT2D eigenvalue weighted by molar-refractivity contribution is -0.126. The van der Waals surface area contributed by atoms with E-state index < -0.39 is 26.3 Å². The fourth-order valence-corrected chi connectivity index (χ4v) is 5.96. The molecule has 0 saturated carbocycles. The van der Waals surface area contributed by atoms with Gasteiger partial charge in [0.15, 0.2) is 11.5 Å². The normalized spacial score (nSPS) is 19.7. The quantitative estimate of drug-likeness (QED) is 0.0803. The van der Waals surface area contributed by atoms with Gasteiger partial charge in [0.25, 0.3) is 0 Å². The molecule has 43 heavy (non-hydrogen) atoms. The molecule has 4 unspecified atom stereocenters. The van der Waals surface area contributed by atoms with Gasteiger partial charge in [0.05, 0.1) is 26.9 Å². The smallest absolute Gasteiger partial charge is 0.382 e. The van der Waals surface area contributed by atoms with Crippen LogP contribution in [0.25, 0.3) is 22.1 Å². The summed E-state index contributed by atoms with van der Waals surface area (Å²) >= 11 is 0. The molecule has 6 N–H and O–H groups in total. The van der Waals surface area contributed by atoms with Crippen LogP contribution in [0.1, 0.15) is 25.0 Å². The summed E-state index contributed by atoms with van der Waals surface area (Å²) in [6, 6.07) is 15.2. The van der Waals surface area contributed by atoms with E-state index in [0.29, 0.717) is 23.1 Å². The summed E-state index contributed by atoms with van der Waals surface area (Å²) in [4.78, 5) is 45.1. The van der Waals surface area contributed by atoms with Crippen LogP contribution in [0, 0.1) is 5.92 Å². The lowest BCUT2D eigenvalue weighted by Crippen LogP contribution is -2.44. The third-order valence-corrected chi connectivity index (χ3v) is 8.23. The van der Waals surface area contributed by atoms with Gasteiger partial charge in [-0.1, -0.05) is 60.7 Å². The topological polar surface area (TPSA) is 182 Å². The number of para-hydroxylation sites is 1. The van der Waals surface area contributed by atoms with Crippen molar-refractivity contribution in [2.75, 3.05) is 12.3 Å². The van der Waals surface area contributed by atoms with Crippen LogP contribution in [-0.2, 0) is 31.7 Å². The van der Waals surface area contributed by atoms with Crippen molar-refractivity contribution in [1.29, 1.82) is 0 Å². The van der Waals surface area contributed by atoms with E-state index in [0.717, 1.165) is 16.5 Å². The molecule has 0 radical (unpaired) electrons. The largest absolute Gasteiger partial charge is 0.432 e. The number of benzene rings is 2. The van der Waals surface area contributed by atoms with Crippen molar-refractivity contribution in [1.82, 2.24) is 35.1 Å². The number of aromatic amines is 1. The summed E-state index contributed by atoms with van der Waals surface area (Å²) in [5, 5.41) is 3.03. The van der Waals surface area contributed by atoms with Crippen molar-refractivity contribution in [3.8, 4) is 0 Å². The SMILES string of the molecule is [2H]C(ON[C@@H](Cc1c[nH]c2ccccc12)C(=O)NP(=O)(O)OCC1C=CC(n2cnc3c(N)ncnc32)C1)c1ccccc1. The van der Waals surface area contributed by atoms with Gasteiger partial charge in [-0.2, -0.15) is 5.48 Å². The molecular formula is C29H31N8O5P. The molecule has 0 aliphatic heterocycles. The molecule has 0 fully saturated rings. The maximum atomic E-state index is 13.3. The molecule has 222 valence electrons. The van der Waals surface area contributed by atoms with Crippen LogP contribution < -0.4 is 16.3 Å². The molecule has 1 aliphatic rings. The van der Waals surface area contributed by atoms with Crippen LogP contribution in [0.15, 0.2) is 85.6 Å². The lowest BCUT2D eigenvalue weighted by Gasteiger charge is -2.21. The van der Waals surface area contributed by atoms with E-state index in [2.05, 4.69) is 30.5 Å². The van der Waals surface area contributed by atoms with Gasteiger partial charge in [0, 0.05) is 29.4 Å². The Hall–Kier alpha value is -4.39. The number of nitrogen functional groups attached to an aromatic ring is 1. The summed E-state index contributed by atoms with van der Waals surface area (Å²) in [6.07, 6.45) is 9.27. The van der Waals surface area contributed by atoms with Crippen LogP contribution in [0.4, 0.5) is 5.82 Å². The van der Waals surface area contributed by atoms with Crippen molar-refractivity contribution in [2.45, 2.75) is 31.5 Å². The second-order valence-corrected chi connectivity index (χ2v) is 11.7. The van der Waals surface area contributed by atoms with E-state index in [4.69, 9.17) is 16.5 Å². The average molecular weight is 604 g/mol. The molecule has 1 aliphatic carbocycles. The highest BCUT2D eigenvalue weighted by atomic mass is 31.2. The van der Waals surface area contributed by atoms with Crippen molar-refractivity contribution in [3.63, 3.8) is 0 Å². The molecule has 1 amide bonds. The van der Waals surface area contributed by atoms with Crippen molar-refractivity contribution in [2.24, 2.45) is 5.92 Å². The Morgan fingerprint density at radius 2 is 2.00 bits per heavy atom. The van der Waals surface area contributed by atoms with E-state index in [-0.39, 0.29) is 30.8 Å². The Morgan fingerprint density at radius 3 is 2.86 bits per heavy atom. The predicted octanol–water partition coefficient (Wildman–Crippen LogP) is 3.57. The van der Waals surface area contributed by atoms with Gasteiger partial charge in [-0.15, -0.1) is 0 Å². The number of H-pyrrole nitrogens is 1. The zero-order valence-electron chi connectivity index (χ0n) is 23.9. The van der Waals surface area contributed by atoms with Gasteiger partial charge in [0.2, 0.25) is 5.91 Å². The van der Waals surface area contributed by atoms with Crippen LogP contribution in [-0.4, -0.2) is 48.0 Å². The minimum Gasteiger partial charge on any atom is -0.382 e. The molecule has 0 saturated heterocycles. The molecule has 6 rings (SSSR count). The Labute approximate surface area is 248 Å². The highest BCUT2D eigenvalue weighted by molar-refractivity contribution is 7.51. The zero-order chi connectivity index (χ0) is 30.7. The van der Waals surface area contributed by atoms with Crippen LogP contribution in [0.2, 0.25) is 0 Å². The highest BCUT2D eigenvalue weighted by Crippen LogP contribution is 2.40. The number of nitrogens with two attached hydrogens (primary N) is 1. The Bertz CT molecular complexity index is 1850. The number of carbonyl (C=O) groups is 1. The third kappa shape index (κ3) is 6.66. The molecule has 13 nitrogen and oxygen atoms in total. The van der Waals surface area contributed by atoms with Gasteiger partial charge in [-0.05, 0) is 23.6 Å². The second kappa shape index (κ2) is 12.5. The number of nitrogens with one attached hydrogen (secondary N) is 3. The maximum absolute atomic E-state index is 13.3. The highest BCUT2D eigenvalue weighted by Gasteiger charge is 2.31. The fraction of sp³-hybridized carbons (Fsp3) is 0.241. The Kier molecular flexibility index (Phi) is 7.95. The number of hydroxylamine groups is 1. The van der Waals surface area contributed by atoms with Crippen molar-refractivity contribution >= 4 is 41.5 Å². The van der Waals surface area contributed by atoms with Crippen LogP contribution in [0.3, 0.4) is 0 Å². The number of allylic oxidation sites excluding steroid dienone is 1. The number of aromatic nitrogens is 5. The first kappa shape index (κ1) is 27.4. The number of imidazole rings is 1. The maximum Gasteiger partial charge on any atom is 0.432 e. The Balaban J connectivity index is 1.09. The summed E-state index contributed by atoms with van der Waals surface area (Å²) in [6.45, 7) is -1.24. The number of nitrogens with zero attached hydrogens (tertiary/aromatic N) is 4. The molecule has 3 heterocycles. The first-order chi connectivity index (χ1) is 21.3. The number of hydrogen-bond acceptors (Lipinski definition) is 9. The third-order valence-electron chi connectivity index (χ3n) is 7.23. The van der Waals surface area contributed by atoms with Crippen molar-refractivity contribution < 1.29 is 25.0 Å². The lowest BCUT2D eigenvalue weighted by atomic mass is 10.1. The van der Waals surface area contributed by atoms with Crippen LogP contribution in [0.5, 0.6) is 0 Å². The monoisotopic (exact) mass is 603 g/mol. The molecule has 14 heteroatoms. The molecule has 5 atom stereocenters. The van der Waals surface area contributed by atoms with E-state index in [9.17, 15) is 14.3 Å². The molecule has 2 aromatic carbocycles.